The van der Waals surface area contributed by atoms with Crippen LogP contribution in [0.25, 0.3) is 0 Å². The number of ether oxygens (including phenoxy) is 3. The normalized spacial score (nSPS) is 20.7. The number of alkyl halides is 4. The standard InChI is InChI=1S/C12H18F2O4.C12H20F2O3.C3H5ClO2.3CH4.I84/c1-11(2,3)18-8(15)6-12(10(16)17)4-7(5-12)9(13)14;1-11(2,3)17-9(16)6-12(7-15)4-8(5-12)10(13)14;1-2-6-3(4)5;;;;1-44(2)46(5)48(7)50(9)52(11)54(13)56(15)58(17)60(19)62(21)64(23)66(25)68(27)70(29)72(31)74(33)76(35)78(37)80(39)82(41)84(43)83(42)81(40)79(38)77(36)75(34)73(32)71(30)69(28)67(26)65(24)63(22)61(20)59(18)57(16)55(14)53(12)51(10)49(8)47(6)45(3)4/h7,9H,4-6H2,1-3H3,(H,16,17);8,10,15H,4-7H2,1-3H3;2H2,1H3;3*1H4;. The number of carbonyl (C=O) groups is 4. The summed E-state index contributed by atoms with van der Waals surface area (Å²) in [6.07, 6.45) is -5.17. The number of esters is 2. The van der Waals surface area contributed by atoms with Crippen molar-refractivity contribution in [2.24, 2.45) is 22.7 Å². The van der Waals surface area contributed by atoms with E-state index in [2.05, 4.69) is 805 Å². The quantitative estimate of drug-likeness (QED) is 0.0201. The van der Waals surface area contributed by atoms with E-state index >= 15 is 0 Å². The molecule has 0 aromatic heterocycles. The van der Waals surface area contributed by atoms with Gasteiger partial charge in [0.05, 0.1) is 24.9 Å². The number of carboxylic acids is 1. The molecule has 0 amide bonds. The van der Waals surface area contributed by atoms with Crippen molar-refractivity contribution < 1.29 is 61.2 Å². The van der Waals surface area contributed by atoms with Crippen LogP contribution in [-0.4, -0.2) is 70.8 Å². The summed E-state index contributed by atoms with van der Waals surface area (Å²) in [6, 6.07) is 0. The molecule has 98 heteroatoms. The van der Waals surface area contributed by atoms with Gasteiger partial charge >= 0.3 is 1150 Å². The van der Waals surface area contributed by atoms with Crippen LogP contribution in [0.4, 0.5) is 22.4 Å². The predicted molar refractivity (Wildman–Crippen MR) is 1340 cm³/mol. The molecule has 852 valence electrons. The summed E-state index contributed by atoms with van der Waals surface area (Å²) < 4.78 is 63.8. The van der Waals surface area contributed by atoms with Crippen molar-refractivity contribution >= 4 is 1160 Å². The van der Waals surface area contributed by atoms with Gasteiger partial charge in [-0.3, -0.25) is 14.4 Å². The Morgan fingerprint density at radius 2 is 0.461 bits per heavy atom. The van der Waals surface area contributed by atoms with E-state index in [0.29, 0.717) is 6.61 Å². The molecule has 0 radical (unpaired) electrons. The number of aliphatic hydroxyl groups is 1. The summed E-state index contributed by atoms with van der Waals surface area (Å²) in [5.41, 5.74) is -4.09. The number of hydrogen-bond acceptors (Lipinski definition) is 8. The fourth-order valence-corrected chi connectivity index (χ4v) is 16400. The molecule has 0 aliphatic heterocycles. The first-order valence-electron chi connectivity index (χ1n) is 25.0. The van der Waals surface area contributed by atoms with Gasteiger partial charge in [0, 0.05) is 35.5 Å². The van der Waals surface area contributed by atoms with E-state index < -0.39 is 394 Å². The van der Waals surface area contributed by atoms with Crippen molar-refractivity contribution in [1.82, 2.24) is 0 Å². The van der Waals surface area contributed by atoms with Crippen LogP contribution in [0, 0.1) is 22.7 Å². The van der Waals surface area contributed by atoms with Gasteiger partial charge in [0.2, 0.25) is 12.9 Å². The Kier molecular flexibility index (Phi) is 168. The van der Waals surface area contributed by atoms with E-state index in [0.717, 1.165) is 0 Å². The second kappa shape index (κ2) is 110. The van der Waals surface area contributed by atoms with Gasteiger partial charge in [-0.15, -0.1) is 0 Å². The van der Waals surface area contributed by atoms with Gasteiger partial charge in [-0.1, -0.05) is 22.3 Å². The third-order valence-electron chi connectivity index (χ3n) is 9.56. The molecule has 0 heterocycles. The first-order chi connectivity index (χ1) is 56.7. The molecular formula is C30H55ClF4I84O9. The zero-order chi connectivity index (χ0) is 99.1. The molecule has 2 N–H and O–H groups in total. The Bertz CT molecular complexity index is 2940. The number of hydrogen-bond donors (Lipinski definition) is 2. The van der Waals surface area contributed by atoms with E-state index in [9.17, 15) is 41.8 Å². The first kappa shape index (κ1) is 195. The van der Waals surface area contributed by atoms with Crippen LogP contribution in [0.1, 0.15) is 109 Å². The molecule has 0 atom stereocenters. The summed E-state index contributed by atoms with van der Waals surface area (Å²) in [4.78, 5) is 43.9. The zero-order valence-corrected chi connectivity index (χ0v) is 238. The van der Waals surface area contributed by atoms with E-state index in [1.807, 2.05) is 0 Å². The fourth-order valence-electron chi connectivity index (χ4n) is 5.73. The second-order valence-corrected chi connectivity index (χ2v) is 2020. The van der Waals surface area contributed by atoms with E-state index in [-0.39, 0.29) is 67.4 Å². The first-order valence-corrected chi connectivity index (χ1v) is 547. The number of aliphatic carboxylic acids is 1. The fraction of sp³-hybridized carbons (Fsp3) is 0.867. The molecule has 0 unspecified atom stereocenters. The Labute approximate surface area is 1320 Å². The van der Waals surface area contributed by atoms with Crippen molar-refractivity contribution in [3.05, 3.63) is 0 Å². The molecular weight excluding hydrogens is 11300 g/mol. The topological polar surface area (TPSA) is 136 Å². The van der Waals surface area contributed by atoms with Gasteiger partial charge < -0.3 is 24.4 Å². The molecule has 9 nitrogen and oxygen atoms in total. The third kappa shape index (κ3) is 80.6. The van der Waals surface area contributed by atoms with Crippen LogP contribution in [0.3, 0.4) is 0 Å². The molecule has 0 spiro atoms. The van der Waals surface area contributed by atoms with Gasteiger partial charge in [0.15, 0.2) is 0 Å². The molecule has 2 aliphatic carbocycles. The van der Waals surface area contributed by atoms with Crippen molar-refractivity contribution in [3.63, 3.8) is 0 Å². The maximum absolute atomic E-state index is 12.4. The van der Waals surface area contributed by atoms with Gasteiger partial charge in [-0.2, -0.15) is 0 Å². The Morgan fingerprint density at radius 3 is 0.570 bits per heavy atom. The van der Waals surface area contributed by atoms with Crippen LogP contribution >= 0.6 is 1140 Å². The predicted octanol–water partition coefficient (Wildman–Crippen LogP) is 82.5. The minimum atomic E-state index is -2.53. The Balaban J connectivity index is -0.000000920. The van der Waals surface area contributed by atoms with Crippen LogP contribution in [0.2, 0.25) is 0 Å². The van der Waals surface area contributed by atoms with Crippen molar-refractivity contribution in [1.29, 1.82) is 0 Å². The average Bonchev–Trinajstić information content (AvgIpc) is 0.760. The SMILES string of the molecule is C.C.C.CC(C)(C)OC(=O)CC1(C(=O)O)CC(C(F)F)C1.CC(C)(C)OC(=O)CC1(CO)CC(C(F)F)C1.CCOC(=O)Cl.II(I)I(I)I(I)I(I)I(I)I(I)I(I)I(I)I(I)I(I)I(I)I(I)I(I)I(I)I(I)I(I)I(I)I(I)I(I)I(I)I(I)I(I)I(I)I(I)I(I)I(I)I(I)I(I)I(I)I(I)I(I)I(I)I(I)I(I)I(I)I(I)I(I)I(I)I(I)I(I)I(I)I. The second-order valence-electron chi connectivity index (χ2n) is 19.1. The van der Waals surface area contributed by atoms with Gasteiger partial charge in [0.1, 0.15) is 11.2 Å². The van der Waals surface area contributed by atoms with E-state index in [1.165, 1.54) is 0 Å². The molecule has 2 aliphatic rings. The molecule has 2 fully saturated rings. The molecule has 128 heavy (non-hydrogen) atoms. The summed E-state index contributed by atoms with van der Waals surface area (Å²) >= 11 is 149. The Morgan fingerprint density at radius 1 is 0.312 bits per heavy atom. The number of halogens is 89. The monoisotopic (exact) mass is 11300 g/mol. The molecule has 0 aromatic rings. The van der Waals surface area contributed by atoms with Gasteiger partial charge in [-0.25, -0.2) is 22.4 Å². The molecule has 0 bridgehead atoms. The van der Waals surface area contributed by atoms with Crippen molar-refractivity contribution in [2.75, 3.05) is 13.2 Å². The van der Waals surface area contributed by atoms with Crippen LogP contribution in [0.5, 0.6) is 0 Å². The number of carboxylic acid groups (broad SMARTS) is 1. The van der Waals surface area contributed by atoms with Crippen molar-refractivity contribution in [2.45, 2.75) is 133 Å². The van der Waals surface area contributed by atoms with Gasteiger partial charge in [0.25, 0.3) is 0 Å². The summed E-state index contributed by atoms with van der Waals surface area (Å²) in [7, 11) is -24.4. The molecule has 2 saturated carbocycles. The van der Waals surface area contributed by atoms with Crippen LogP contribution in [-0.2, 0) is 28.6 Å². The van der Waals surface area contributed by atoms with E-state index in [4.69, 9.17) is 26.2 Å². The minimum absolute atomic E-state index is 0. The number of rotatable bonds is 49. The summed E-state index contributed by atoms with van der Waals surface area (Å²) in [5.74, 6) is -3.91. The summed E-state index contributed by atoms with van der Waals surface area (Å²) in [6.45, 7) is 12.1. The number of aliphatic hydroxyl groups excluding tert-OH is 1. The number of carbonyl (C=O) groups excluding carboxylic acids is 3. The van der Waals surface area contributed by atoms with Crippen molar-refractivity contribution in [3.8, 4) is 0 Å². The third-order valence-corrected chi connectivity index (χ3v) is 6620. The Hall–Kier alpha value is 59.2. The van der Waals surface area contributed by atoms with Crippen LogP contribution in [0.15, 0.2) is 0 Å². The van der Waals surface area contributed by atoms with Gasteiger partial charge in [-0.05, 0) is 74.1 Å². The van der Waals surface area contributed by atoms with Crippen LogP contribution < -0.4 is 0 Å². The molecule has 2 rings (SSSR count). The molecule has 0 aromatic carbocycles. The zero-order valence-electron chi connectivity index (χ0n) is 56.4. The molecule has 0 saturated heterocycles. The maximum atomic E-state index is 12.4. The summed E-state index contributed by atoms with van der Waals surface area (Å²) in [5, 5.41) is 18.3. The average molecular weight is 11300 g/mol. The van der Waals surface area contributed by atoms with E-state index in [1.54, 1.807) is 48.5 Å².